The van der Waals surface area contributed by atoms with Gasteiger partial charge in [0, 0.05) is 17.5 Å². The van der Waals surface area contributed by atoms with Crippen molar-refractivity contribution in [3.63, 3.8) is 0 Å². The van der Waals surface area contributed by atoms with Gasteiger partial charge in [0.15, 0.2) is 11.6 Å². The number of benzene rings is 4. The fraction of sp³-hybridized carbons (Fsp3) is 0.290. The number of hydrogen-bond acceptors (Lipinski definition) is 1. The van der Waals surface area contributed by atoms with E-state index in [1.54, 1.807) is 0 Å². The van der Waals surface area contributed by atoms with Gasteiger partial charge in [0.1, 0.15) is 17.4 Å². The normalized spacial score (nSPS) is 11.9. The van der Waals surface area contributed by atoms with E-state index in [1.807, 2.05) is 24.3 Å². The molecule has 4 aromatic rings. The van der Waals surface area contributed by atoms with Gasteiger partial charge in [0.05, 0.1) is 11.1 Å². The molecular formula is C31H26F8O. The molecule has 0 N–H and O–H groups in total. The first kappa shape index (κ1) is 29.4. The number of aryl methyl sites for hydroxylation is 3. The maximum absolute atomic E-state index is 15.0. The molecule has 0 aliphatic carbocycles. The van der Waals surface area contributed by atoms with Crippen LogP contribution in [0.1, 0.15) is 60.4 Å². The second-order valence-corrected chi connectivity index (χ2v) is 9.59. The molecule has 4 aromatic carbocycles. The van der Waals surface area contributed by atoms with Crippen LogP contribution < -0.4 is 4.74 Å². The summed E-state index contributed by atoms with van der Waals surface area (Å²) in [4.78, 5) is 0. The molecule has 0 atom stereocenters. The second-order valence-electron chi connectivity index (χ2n) is 9.59. The van der Waals surface area contributed by atoms with Gasteiger partial charge in [-0.15, -0.1) is 0 Å². The highest BCUT2D eigenvalue weighted by Crippen LogP contribution is 2.37. The van der Waals surface area contributed by atoms with Crippen LogP contribution in [-0.2, 0) is 25.4 Å². The molecule has 9 heteroatoms. The Kier molecular flexibility index (Phi) is 9.01. The molecule has 0 bridgehead atoms. The van der Waals surface area contributed by atoms with Crippen LogP contribution in [0.2, 0.25) is 0 Å². The summed E-state index contributed by atoms with van der Waals surface area (Å²) in [7, 11) is 0. The summed E-state index contributed by atoms with van der Waals surface area (Å²) < 4.78 is 117. The van der Waals surface area contributed by atoms with E-state index >= 15 is 0 Å². The van der Waals surface area contributed by atoms with Crippen LogP contribution in [0.15, 0.2) is 60.7 Å². The lowest BCUT2D eigenvalue weighted by Gasteiger charge is -2.20. The fourth-order valence-corrected chi connectivity index (χ4v) is 4.51. The maximum atomic E-state index is 15.0. The summed E-state index contributed by atoms with van der Waals surface area (Å²) in [5.41, 5.74) is -0.270. The minimum atomic E-state index is -4.25. The third-order valence-electron chi connectivity index (χ3n) is 6.72. The predicted molar refractivity (Wildman–Crippen MR) is 137 cm³/mol. The van der Waals surface area contributed by atoms with Gasteiger partial charge in [0.25, 0.3) is 6.43 Å². The molecular weight excluding hydrogens is 540 g/mol. The molecule has 40 heavy (non-hydrogen) atoms. The Balaban J connectivity index is 1.52. The molecule has 0 aromatic heterocycles. The van der Waals surface area contributed by atoms with Crippen molar-refractivity contribution in [3.05, 3.63) is 112 Å². The van der Waals surface area contributed by atoms with Crippen molar-refractivity contribution in [2.45, 2.75) is 58.0 Å². The SMILES string of the molecule is CCCCCc1ccc(CCc2cc3ccc(C(F)(F)Oc4cc(F)c(C(F)F)c(F)c4)cc3c(F)c2F)cc1. The first-order chi connectivity index (χ1) is 19.0. The van der Waals surface area contributed by atoms with Crippen LogP contribution in [0, 0.1) is 23.3 Å². The van der Waals surface area contributed by atoms with Crippen molar-refractivity contribution in [3.8, 4) is 5.75 Å². The monoisotopic (exact) mass is 566 g/mol. The lowest BCUT2D eigenvalue weighted by molar-refractivity contribution is -0.185. The van der Waals surface area contributed by atoms with Crippen LogP contribution in [0.25, 0.3) is 10.8 Å². The third kappa shape index (κ3) is 6.57. The van der Waals surface area contributed by atoms with Crippen molar-refractivity contribution < 1.29 is 39.9 Å². The van der Waals surface area contributed by atoms with Gasteiger partial charge in [0.2, 0.25) is 0 Å². The summed E-state index contributed by atoms with van der Waals surface area (Å²) in [5.74, 6) is -7.07. The first-order valence-corrected chi connectivity index (χ1v) is 12.8. The lowest BCUT2D eigenvalue weighted by atomic mass is 9.97. The van der Waals surface area contributed by atoms with E-state index in [4.69, 9.17) is 0 Å². The van der Waals surface area contributed by atoms with Gasteiger partial charge in [-0.2, -0.15) is 8.78 Å². The first-order valence-electron chi connectivity index (χ1n) is 12.8. The molecule has 0 amide bonds. The molecule has 0 aliphatic rings. The summed E-state index contributed by atoms with van der Waals surface area (Å²) in [6, 6.07) is 12.4. The van der Waals surface area contributed by atoms with Gasteiger partial charge in [-0.25, -0.2) is 26.3 Å². The molecule has 212 valence electrons. The van der Waals surface area contributed by atoms with Crippen molar-refractivity contribution in [2.24, 2.45) is 0 Å². The Bertz CT molecular complexity index is 1460. The smallest absolute Gasteiger partial charge is 0.426 e. The minimum absolute atomic E-state index is 0.0813. The number of hydrogen-bond donors (Lipinski definition) is 0. The van der Waals surface area contributed by atoms with Crippen molar-refractivity contribution in [2.75, 3.05) is 0 Å². The standard InChI is InChI=1S/C31H26F8O/c1-2-3-4-5-18-6-8-19(9-7-18)10-11-21-14-20-12-13-22(15-24(20)29(35)28(21)34)31(38,39)40-23-16-25(32)27(30(36)37)26(33)17-23/h6-9,12-17,30H,2-5,10-11H2,1H3. The molecule has 0 unspecified atom stereocenters. The van der Waals surface area contributed by atoms with Crippen molar-refractivity contribution >= 4 is 10.8 Å². The minimum Gasteiger partial charge on any atom is -0.429 e. The predicted octanol–water partition coefficient (Wildman–Crippen LogP) is 9.98. The van der Waals surface area contributed by atoms with Crippen LogP contribution in [0.5, 0.6) is 5.75 Å². The Morgan fingerprint density at radius 1 is 0.725 bits per heavy atom. The highest BCUT2D eigenvalue weighted by atomic mass is 19.3. The van der Waals surface area contributed by atoms with Crippen molar-refractivity contribution in [1.29, 1.82) is 0 Å². The van der Waals surface area contributed by atoms with E-state index in [2.05, 4.69) is 11.7 Å². The zero-order valence-electron chi connectivity index (χ0n) is 21.5. The number of ether oxygens (including phenoxy) is 1. The van der Waals surface area contributed by atoms with Gasteiger partial charge in [-0.05, 0) is 66.0 Å². The van der Waals surface area contributed by atoms with Crippen LogP contribution >= 0.6 is 0 Å². The molecule has 0 spiro atoms. The summed E-state index contributed by atoms with van der Waals surface area (Å²) in [6.07, 6.45) is -2.77. The van der Waals surface area contributed by atoms with E-state index < -0.39 is 58.1 Å². The van der Waals surface area contributed by atoms with Crippen molar-refractivity contribution in [1.82, 2.24) is 0 Å². The third-order valence-corrected chi connectivity index (χ3v) is 6.72. The zero-order chi connectivity index (χ0) is 29.0. The lowest BCUT2D eigenvalue weighted by Crippen LogP contribution is -2.22. The topological polar surface area (TPSA) is 9.23 Å². The van der Waals surface area contributed by atoms with Crippen LogP contribution in [0.4, 0.5) is 35.1 Å². The largest absolute Gasteiger partial charge is 0.429 e. The summed E-state index contributed by atoms with van der Waals surface area (Å²) in [5, 5.41) is -0.276. The summed E-state index contributed by atoms with van der Waals surface area (Å²) in [6.45, 7) is 2.13. The van der Waals surface area contributed by atoms with E-state index in [1.165, 1.54) is 11.6 Å². The number of fused-ring (bicyclic) bond motifs is 1. The number of unbranched alkanes of at least 4 members (excludes halogenated alkanes) is 2. The maximum Gasteiger partial charge on any atom is 0.426 e. The average Bonchev–Trinajstić information content (AvgIpc) is 2.89. The molecule has 0 saturated heterocycles. The van der Waals surface area contributed by atoms with Gasteiger partial charge in [-0.1, -0.05) is 50.1 Å². The molecule has 0 saturated carbocycles. The molecule has 4 rings (SSSR count). The van der Waals surface area contributed by atoms with E-state index in [0.717, 1.165) is 43.4 Å². The van der Waals surface area contributed by atoms with E-state index in [-0.39, 0.29) is 29.5 Å². The van der Waals surface area contributed by atoms with Gasteiger partial charge >= 0.3 is 6.11 Å². The average molecular weight is 567 g/mol. The molecule has 0 radical (unpaired) electrons. The molecule has 0 heterocycles. The fourth-order valence-electron chi connectivity index (χ4n) is 4.51. The highest BCUT2D eigenvalue weighted by molar-refractivity contribution is 5.85. The van der Waals surface area contributed by atoms with Gasteiger partial charge < -0.3 is 4.74 Å². The number of alkyl halides is 4. The Hall–Kier alpha value is -3.62. The molecule has 0 fully saturated rings. The van der Waals surface area contributed by atoms with E-state index in [9.17, 15) is 35.1 Å². The molecule has 1 nitrogen and oxygen atoms in total. The van der Waals surface area contributed by atoms with Crippen LogP contribution in [-0.4, -0.2) is 0 Å². The summed E-state index contributed by atoms with van der Waals surface area (Å²) >= 11 is 0. The number of rotatable bonds is 11. The Morgan fingerprint density at radius 2 is 1.35 bits per heavy atom. The quantitative estimate of drug-likeness (QED) is 0.130. The highest BCUT2D eigenvalue weighted by Gasteiger charge is 2.36. The second kappa shape index (κ2) is 12.3. The molecule has 0 aliphatic heterocycles. The Labute approximate surface area is 226 Å². The van der Waals surface area contributed by atoms with Gasteiger partial charge in [-0.3, -0.25) is 0 Å². The number of halogens is 8. The Morgan fingerprint density at radius 3 is 1.95 bits per heavy atom. The van der Waals surface area contributed by atoms with Crippen LogP contribution in [0.3, 0.4) is 0 Å². The zero-order valence-corrected chi connectivity index (χ0v) is 21.5. The van der Waals surface area contributed by atoms with E-state index in [0.29, 0.717) is 12.5 Å².